The third-order valence-electron chi connectivity index (χ3n) is 4.79. The van der Waals surface area contributed by atoms with Gasteiger partial charge in [-0.3, -0.25) is 9.59 Å². The van der Waals surface area contributed by atoms with Gasteiger partial charge >= 0.3 is 0 Å². The van der Waals surface area contributed by atoms with Crippen LogP contribution < -0.4 is 10.6 Å². The summed E-state index contributed by atoms with van der Waals surface area (Å²) in [6.07, 6.45) is 1.51. The minimum atomic E-state index is -0.571. The number of hydrogen-bond acceptors (Lipinski definition) is 5. The van der Waals surface area contributed by atoms with E-state index >= 15 is 0 Å². The molecule has 0 aliphatic carbocycles. The molecule has 2 heterocycles. The zero-order valence-electron chi connectivity index (χ0n) is 16.7. The Labute approximate surface area is 178 Å². The van der Waals surface area contributed by atoms with E-state index in [4.69, 9.17) is 4.42 Å². The molecule has 2 N–H and O–H groups in total. The zero-order chi connectivity index (χ0) is 21.8. The maximum atomic E-state index is 12.7. The summed E-state index contributed by atoms with van der Waals surface area (Å²) in [5.41, 5.74) is 2.85. The van der Waals surface area contributed by atoms with Crippen LogP contribution in [-0.4, -0.2) is 17.6 Å². The monoisotopic (exact) mass is 410 g/mol. The number of nitriles is 1. The molecule has 0 saturated heterocycles. The number of carbonyl (C=O) groups excluding carboxylic acids is 2. The predicted molar refractivity (Wildman–Crippen MR) is 115 cm³/mol. The molecule has 1 aliphatic heterocycles. The fraction of sp³-hybridized carbons (Fsp3) is 0.0833. The van der Waals surface area contributed by atoms with Gasteiger partial charge in [-0.05, 0) is 31.2 Å². The summed E-state index contributed by atoms with van der Waals surface area (Å²) in [6.45, 7) is 2.09. The first-order valence-corrected chi connectivity index (χ1v) is 9.58. The molecule has 0 bridgehead atoms. The van der Waals surface area contributed by atoms with Gasteiger partial charge in [-0.1, -0.05) is 42.0 Å². The number of aliphatic imine (C=N–C) groups is 1. The van der Waals surface area contributed by atoms with Crippen LogP contribution in [-0.2, 0) is 11.3 Å². The molecule has 3 aromatic rings. The van der Waals surface area contributed by atoms with Gasteiger partial charge in [0.15, 0.2) is 0 Å². The summed E-state index contributed by atoms with van der Waals surface area (Å²) in [5, 5.41) is 15.1. The average molecular weight is 410 g/mol. The summed E-state index contributed by atoms with van der Waals surface area (Å²) in [4.78, 5) is 29.8. The highest BCUT2D eigenvalue weighted by Gasteiger charge is 2.27. The number of benzene rings is 2. The van der Waals surface area contributed by atoms with Gasteiger partial charge in [0.25, 0.3) is 11.8 Å². The van der Waals surface area contributed by atoms with Crippen LogP contribution in [0.4, 0.5) is 0 Å². The van der Waals surface area contributed by atoms with Gasteiger partial charge in [-0.2, -0.15) is 5.26 Å². The molecule has 0 radical (unpaired) electrons. The van der Waals surface area contributed by atoms with E-state index in [0.29, 0.717) is 28.3 Å². The second-order valence-corrected chi connectivity index (χ2v) is 6.92. The molecule has 1 aromatic heterocycles. The second-order valence-electron chi connectivity index (χ2n) is 6.92. The number of amides is 2. The number of nitrogens with one attached hydrogen (secondary N) is 2. The van der Waals surface area contributed by atoms with Crippen molar-refractivity contribution in [2.75, 3.05) is 0 Å². The van der Waals surface area contributed by atoms with Crippen LogP contribution in [0.25, 0.3) is 5.70 Å². The molecule has 7 nitrogen and oxygen atoms in total. The lowest BCUT2D eigenvalue weighted by molar-refractivity contribution is -0.117. The standard InChI is InChI=1S/C24H18N4O3/c1-15-8-10-16(11-9-15)23(29)28-22-19-7-3-2-6-18(19)21(27-22)20(13-25)24(30)26-14-17-5-4-12-31-17/h2-12H,14H2,1H3,(H,26,30)(H,27,28,29)/b21-20-. The fourth-order valence-corrected chi connectivity index (χ4v) is 3.18. The van der Waals surface area contributed by atoms with E-state index in [-0.39, 0.29) is 23.7 Å². The maximum Gasteiger partial charge on any atom is 0.264 e. The zero-order valence-corrected chi connectivity index (χ0v) is 16.7. The van der Waals surface area contributed by atoms with E-state index in [2.05, 4.69) is 15.6 Å². The van der Waals surface area contributed by atoms with Crippen LogP contribution in [0, 0.1) is 18.3 Å². The van der Waals surface area contributed by atoms with Crippen molar-refractivity contribution < 1.29 is 14.0 Å². The van der Waals surface area contributed by atoms with Crippen molar-refractivity contribution in [3.8, 4) is 6.07 Å². The number of furan rings is 1. The van der Waals surface area contributed by atoms with Crippen LogP contribution in [0.1, 0.15) is 32.8 Å². The molecule has 0 atom stereocenters. The minimum Gasteiger partial charge on any atom is -0.467 e. The molecule has 7 heteroatoms. The van der Waals surface area contributed by atoms with Gasteiger partial charge in [0, 0.05) is 16.7 Å². The molecule has 0 saturated carbocycles. The summed E-state index contributed by atoms with van der Waals surface area (Å²) < 4.78 is 5.20. The molecule has 152 valence electrons. The van der Waals surface area contributed by atoms with Crippen molar-refractivity contribution in [3.63, 3.8) is 0 Å². The number of aryl methyl sites for hydroxylation is 1. The number of amidine groups is 1. The second kappa shape index (κ2) is 8.51. The molecule has 0 spiro atoms. The minimum absolute atomic E-state index is 0.140. The summed E-state index contributed by atoms with van der Waals surface area (Å²) in [7, 11) is 0. The molecule has 2 amide bonds. The lowest BCUT2D eigenvalue weighted by atomic mass is 10.0. The van der Waals surface area contributed by atoms with Gasteiger partial charge < -0.3 is 15.1 Å². The third-order valence-corrected chi connectivity index (χ3v) is 4.79. The topological polar surface area (TPSA) is 107 Å². The Bertz CT molecular complexity index is 1250. The molecule has 31 heavy (non-hydrogen) atoms. The van der Waals surface area contributed by atoms with Gasteiger partial charge in [-0.15, -0.1) is 0 Å². The van der Waals surface area contributed by atoms with Crippen LogP contribution in [0.3, 0.4) is 0 Å². The quantitative estimate of drug-likeness (QED) is 0.508. The lowest BCUT2D eigenvalue weighted by Gasteiger charge is -2.06. The van der Waals surface area contributed by atoms with Crippen molar-refractivity contribution in [2.45, 2.75) is 13.5 Å². The lowest BCUT2D eigenvalue weighted by Crippen LogP contribution is -2.30. The van der Waals surface area contributed by atoms with Crippen LogP contribution >= 0.6 is 0 Å². The summed E-state index contributed by atoms with van der Waals surface area (Å²) >= 11 is 0. The number of fused-ring (bicyclic) bond motifs is 1. The third kappa shape index (κ3) is 4.14. The first-order valence-electron chi connectivity index (χ1n) is 9.58. The van der Waals surface area contributed by atoms with E-state index in [1.165, 1.54) is 6.26 Å². The number of hydrogen-bond donors (Lipinski definition) is 2. The predicted octanol–water partition coefficient (Wildman–Crippen LogP) is 3.33. The van der Waals surface area contributed by atoms with Gasteiger partial charge in [0.1, 0.15) is 23.2 Å². The van der Waals surface area contributed by atoms with Crippen molar-refractivity contribution in [3.05, 3.63) is 101 Å². The molecule has 0 unspecified atom stereocenters. The highest BCUT2D eigenvalue weighted by molar-refractivity contribution is 6.20. The van der Waals surface area contributed by atoms with Crippen LogP contribution in [0.5, 0.6) is 0 Å². The Kier molecular flexibility index (Phi) is 5.45. The average Bonchev–Trinajstić information content (AvgIpc) is 3.42. The SMILES string of the molecule is Cc1ccc(C(=O)NC2=N/C(=C(/C#N)C(=O)NCc3ccco3)c3ccccc32)cc1. The Morgan fingerprint density at radius 2 is 1.77 bits per heavy atom. The Morgan fingerprint density at radius 3 is 2.45 bits per heavy atom. The van der Waals surface area contributed by atoms with Gasteiger partial charge in [0.05, 0.1) is 18.5 Å². The summed E-state index contributed by atoms with van der Waals surface area (Å²) in [5.74, 6) is -0.0334. The van der Waals surface area contributed by atoms with Crippen molar-refractivity contribution >= 4 is 23.3 Å². The van der Waals surface area contributed by atoms with Crippen molar-refractivity contribution in [2.24, 2.45) is 4.99 Å². The Hall–Kier alpha value is -4.44. The molecular weight excluding hydrogens is 392 g/mol. The van der Waals surface area contributed by atoms with Gasteiger partial charge in [0.2, 0.25) is 0 Å². The summed E-state index contributed by atoms with van der Waals surface area (Å²) in [6, 6.07) is 19.7. The molecule has 2 aromatic carbocycles. The molecule has 4 rings (SSSR count). The Balaban J connectivity index is 1.64. The highest BCUT2D eigenvalue weighted by Crippen LogP contribution is 2.30. The number of carbonyl (C=O) groups is 2. The van der Waals surface area contributed by atoms with Crippen molar-refractivity contribution in [1.29, 1.82) is 5.26 Å². The van der Waals surface area contributed by atoms with E-state index in [1.807, 2.05) is 25.1 Å². The van der Waals surface area contributed by atoms with Crippen LogP contribution in [0.2, 0.25) is 0 Å². The van der Waals surface area contributed by atoms with Crippen molar-refractivity contribution in [1.82, 2.24) is 10.6 Å². The van der Waals surface area contributed by atoms with Gasteiger partial charge in [-0.25, -0.2) is 4.99 Å². The van der Waals surface area contributed by atoms with E-state index < -0.39 is 5.91 Å². The first kappa shape index (κ1) is 19.9. The first-order chi connectivity index (χ1) is 15.1. The van der Waals surface area contributed by atoms with Crippen LogP contribution in [0.15, 0.2) is 81.9 Å². The fourth-order valence-electron chi connectivity index (χ4n) is 3.18. The molecule has 0 fully saturated rings. The van der Waals surface area contributed by atoms with E-state index in [0.717, 1.165) is 5.56 Å². The van der Waals surface area contributed by atoms with E-state index in [9.17, 15) is 14.9 Å². The maximum absolute atomic E-state index is 12.7. The molecule has 1 aliphatic rings. The molecular formula is C24H18N4O3. The Morgan fingerprint density at radius 1 is 1.03 bits per heavy atom. The normalized spacial score (nSPS) is 13.6. The van der Waals surface area contributed by atoms with E-state index in [1.54, 1.807) is 48.5 Å². The highest BCUT2D eigenvalue weighted by atomic mass is 16.3. The number of nitrogens with zero attached hydrogens (tertiary/aromatic N) is 2. The largest absolute Gasteiger partial charge is 0.467 e. The number of rotatable bonds is 4. The smallest absolute Gasteiger partial charge is 0.264 e.